The van der Waals surface area contributed by atoms with Crippen LogP contribution in [0.1, 0.15) is 5.56 Å². The zero-order valence-electron chi connectivity index (χ0n) is 10.6. The van der Waals surface area contributed by atoms with E-state index in [1.807, 2.05) is 0 Å². The van der Waals surface area contributed by atoms with E-state index in [-0.39, 0.29) is 25.5 Å². The second-order valence-electron chi connectivity index (χ2n) is 4.75. The summed E-state index contributed by atoms with van der Waals surface area (Å²) in [5.74, 6) is -0.379. The van der Waals surface area contributed by atoms with Crippen LogP contribution < -0.4 is 5.32 Å². The molecule has 4 nitrogen and oxygen atoms in total. The molecule has 0 saturated carbocycles. The van der Waals surface area contributed by atoms with Crippen LogP contribution in [0, 0.1) is 5.82 Å². The van der Waals surface area contributed by atoms with Gasteiger partial charge in [0, 0.05) is 6.54 Å². The van der Waals surface area contributed by atoms with E-state index in [1.54, 1.807) is 0 Å². The monoisotopic (exact) mass is 288 g/mol. The van der Waals surface area contributed by atoms with E-state index in [9.17, 15) is 18.0 Å². The SMILES string of the molecule is O=C(O)N1CC(F)C(NCc2ccc(F)cc2)C(F)C1. The predicted octanol–water partition coefficient (Wildman–Crippen LogP) is 1.95. The minimum Gasteiger partial charge on any atom is -0.465 e. The first-order chi connectivity index (χ1) is 9.47. The van der Waals surface area contributed by atoms with E-state index in [0.29, 0.717) is 5.56 Å². The number of carbonyl (C=O) groups is 1. The van der Waals surface area contributed by atoms with Crippen molar-refractivity contribution < 1.29 is 23.1 Å². The molecule has 2 rings (SSSR count). The highest BCUT2D eigenvalue weighted by molar-refractivity contribution is 5.65. The number of likely N-dealkylation sites (tertiary alicyclic amines) is 1. The minimum absolute atomic E-state index is 0.193. The number of halogens is 3. The molecule has 1 amide bonds. The van der Waals surface area contributed by atoms with Crippen molar-refractivity contribution in [2.45, 2.75) is 24.9 Å². The Bertz CT molecular complexity index is 457. The fourth-order valence-corrected chi connectivity index (χ4v) is 2.20. The van der Waals surface area contributed by atoms with Gasteiger partial charge in [-0.25, -0.2) is 18.0 Å². The Morgan fingerprint density at radius 2 is 1.80 bits per heavy atom. The second kappa shape index (κ2) is 6.13. The summed E-state index contributed by atoms with van der Waals surface area (Å²) in [5.41, 5.74) is 0.700. The van der Waals surface area contributed by atoms with Crippen LogP contribution in [-0.4, -0.2) is 47.6 Å². The summed E-state index contributed by atoms with van der Waals surface area (Å²) >= 11 is 0. The Labute approximate surface area is 114 Å². The largest absolute Gasteiger partial charge is 0.465 e. The smallest absolute Gasteiger partial charge is 0.407 e. The average molecular weight is 288 g/mol. The molecule has 1 aromatic carbocycles. The lowest BCUT2D eigenvalue weighted by Gasteiger charge is -2.36. The van der Waals surface area contributed by atoms with Gasteiger partial charge in [0.15, 0.2) is 0 Å². The van der Waals surface area contributed by atoms with Crippen molar-refractivity contribution >= 4 is 6.09 Å². The van der Waals surface area contributed by atoms with Crippen LogP contribution in [0.25, 0.3) is 0 Å². The highest BCUT2D eigenvalue weighted by Crippen LogP contribution is 2.18. The lowest BCUT2D eigenvalue weighted by molar-refractivity contribution is 0.0389. The standard InChI is InChI=1S/C13H15F3N2O2/c14-9-3-1-8(2-4-9)5-17-12-10(15)6-18(13(19)20)7-11(12)16/h1-4,10-12,17H,5-7H2,(H,19,20). The summed E-state index contributed by atoms with van der Waals surface area (Å²) in [5, 5.41) is 11.5. The molecule has 20 heavy (non-hydrogen) atoms. The number of rotatable bonds is 3. The van der Waals surface area contributed by atoms with Crippen LogP contribution in [0.15, 0.2) is 24.3 Å². The molecule has 0 spiro atoms. The first kappa shape index (κ1) is 14.6. The molecule has 0 bridgehead atoms. The maximum atomic E-state index is 13.8. The van der Waals surface area contributed by atoms with E-state index in [1.165, 1.54) is 24.3 Å². The van der Waals surface area contributed by atoms with Gasteiger partial charge in [-0.3, -0.25) is 0 Å². The van der Waals surface area contributed by atoms with Crippen molar-refractivity contribution in [1.82, 2.24) is 10.2 Å². The van der Waals surface area contributed by atoms with Gasteiger partial charge in [-0.15, -0.1) is 0 Å². The van der Waals surface area contributed by atoms with Crippen molar-refractivity contribution in [3.63, 3.8) is 0 Å². The van der Waals surface area contributed by atoms with E-state index in [2.05, 4.69) is 5.32 Å². The number of benzene rings is 1. The van der Waals surface area contributed by atoms with Gasteiger partial charge in [-0.2, -0.15) is 0 Å². The summed E-state index contributed by atoms with van der Waals surface area (Å²) in [6.45, 7) is -0.507. The summed E-state index contributed by atoms with van der Waals surface area (Å²) in [6.07, 6.45) is -4.56. The molecular formula is C13H15F3N2O2. The number of alkyl halides is 2. The molecule has 1 fully saturated rings. The topological polar surface area (TPSA) is 52.6 Å². The molecule has 1 saturated heterocycles. The molecule has 0 aliphatic carbocycles. The highest BCUT2D eigenvalue weighted by atomic mass is 19.1. The van der Waals surface area contributed by atoms with Gasteiger partial charge in [0.1, 0.15) is 18.2 Å². The molecule has 0 aromatic heterocycles. The van der Waals surface area contributed by atoms with Crippen LogP contribution in [0.3, 0.4) is 0 Å². The van der Waals surface area contributed by atoms with Crippen molar-refractivity contribution in [1.29, 1.82) is 0 Å². The molecule has 110 valence electrons. The van der Waals surface area contributed by atoms with Crippen LogP contribution in [0.4, 0.5) is 18.0 Å². The van der Waals surface area contributed by atoms with E-state index < -0.39 is 24.5 Å². The molecular weight excluding hydrogens is 273 g/mol. The first-order valence-electron chi connectivity index (χ1n) is 6.21. The number of piperidine rings is 1. The summed E-state index contributed by atoms with van der Waals surface area (Å²) < 4.78 is 40.3. The maximum Gasteiger partial charge on any atom is 0.407 e. The van der Waals surface area contributed by atoms with E-state index in [0.717, 1.165) is 4.90 Å². The van der Waals surface area contributed by atoms with Gasteiger partial charge in [0.05, 0.1) is 19.1 Å². The number of carboxylic acid groups (broad SMARTS) is 1. The van der Waals surface area contributed by atoms with Gasteiger partial charge in [-0.1, -0.05) is 12.1 Å². The Hall–Kier alpha value is -1.76. The summed E-state index contributed by atoms with van der Waals surface area (Å²) in [4.78, 5) is 11.4. The summed E-state index contributed by atoms with van der Waals surface area (Å²) in [7, 11) is 0. The van der Waals surface area contributed by atoms with Crippen molar-refractivity contribution in [2.75, 3.05) is 13.1 Å². The Morgan fingerprint density at radius 3 is 2.30 bits per heavy atom. The zero-order valence-corrected chi connectivity index (χ0v) is 10.6. The lowest BCUT2D eigenvalue weighted by atomic mass is 10.0. The zero-order chi connectivity index (χ0) is 14.7. The normalized spacial score (nSPS) is 26.6. The third-order valence-electron chi connectivity index (χ3n) is 3.29. The van der Waals surface area contributed by atoms with Crippen LogP contribution in [-0.2, 0) is 6.54 Å². The molecule has 2 atom stereocenters. The number of hydrogen-bond donors (Lipinski definition) is 2. The van der Waals surface area contributed by atoms with Gasteiger partial charge < -0.3 is 15.3 Å². The molecule has 7 heteroatoms. The number of hydrogen-bond acceptors (Lipinski definition) is 2. The van der Waals surface area contributed by atoms with Gasteiger partial charge in [0.2, 0.25) is 0 Å². The molecule has 1 aliphatic rings. The quantitative estimate of drug-likeness (QED) is 0.894. The molecule has 0 radical (unpaired) electrons. The second-order valence-corrected chi connectivity index (χ2v) is 4.75. The highest BCUT2D eigenvalue weighted by Gasteiger charge is 2.38. The molecule has 1 aliphatic heterocycles. The van der Waals surface area contributed by atoms with Gasteiger partial charge in [0.25, 0.3) is 0 Å². The number of nitrogens with one attached hydrogen (secondary N) is 1. The molecule has 2 N–H and O–H groups in total. The number of nitrogens with zero attached hydrogens (tertiary/aromatic N) is 1. The fraction of sp³-hybridized carbons (Fsp3) is 0.462. The Morgan fingerprint density at radius 1 is 1.25 bits per heavy atom. The Kier molecular flexibility index (Phi) is 4.49. The van der Waals surface area contributed by atoms with Crippen molar-refractivity contribution in [3.8, 4) is 0 Å². The van der Waals surface area contributed by atoms with Crippen LogP contribution in [0.5, 0.6) is 0 Å². The third-order valence-corrected chi connectivity index (χ3v) is 3.29. The van der Waals surface area contributed by atoms with Gasteiger partial charge in [-0.05, 0) is 17.7 Å². The van der Waals surface area contributed by atoms with Crippen LogP contribution in [0.2, 0.25) is 0 Å². The first-order valence-corrected chi connectivity index (χ1v) is 6.21. The van der Waals surface area contributed by atoms with E-state index in [4.69, 9.17) is 5.11 Å². The van der Waals surface area contributed by atoms with Crippen molar-refractivity contribution in [2.24, 2.45) is 0 Å². The third kappa shape index (κ3) is 3.41. The fourth-order valence-electron chi connectivity index (χ4n) is 2.20. The number of amides is 1. The lowest BCUT2D eigenvalue weighted by Crippen LogP contribution is -2.58. The minimum atomic E-state index is -1.62. The molecule has 1 aromatic rings. The molecule has 2 unspecified atom stereocenters. The van der Waals surface area contributed by atoms with Crippen molar-refractivity contribution in [3.05, 3.63) is 35.6 Å². The molecule has 1 heterocycles. The maximum absolute atomic E-state index is 13.8. The van der Waals surface area contributed by atoms with Gasteiger partial charge >= 0.3 is 6.09 Å². The Balaban J connectivity index is 1.92. The van der Waals surface area contributed by atoms with E-state index >= 15 is 0 Å². The summed E-state index contributed by atoms with van der Waals surface area (Å²) in [6, 6.07) is 4.52. The average Bonchev–Trinajstić information content (AvgIpc) is 2.39. The van der Waals surface area contributed by atoms with Crippen LogP contribution >= 0.6 is 0 Å². The predicted molar refractivity (Wildman–Crippen MR) is 66.4 cm³/mol.